The number of methoxy groups -OCH3 is 1. The zero-order valence-electron chi connectivity index (χ0n) is 28.4. The van der Waals surface area contributed by atoms with Gasteiger partial charge in [-0.05, 0) is 74.9 Å². The maximum Gasteiger partial charge on any atom is 0.247 e. The topological polar surface area (TPSA) is 151 Å². The lowest BCUT2D eigenvalue weighted by Crippen LogP contribution is -2.38. The first kappa shape index (κ1) is 37.6. The number of allylic oxidation sites excluding steroid dienone is 1. The molecule has 7 N–H and O–H groups in total. The number of rotatable bonds is 19. The summed E-state index contributed by atoms with van der Waals surface area (Å²) in [7, 11) is 1.65. The fourth-order valence-corrected chi connectivity index (χ4v) is 5.78. The minimum Gasteiger partial charge on any atom is -0.496 e. The van der Waals surface area contributed by atoms with Gasteiger partial charge in [0.05, 0.1) is 37.2 Å². The molecule has 1 aliphatic heterocycles. The van der Waals surface area contributed by atoms with Gasteiger partial charge in [-0.3, -0.25) is 9.79 Å². The Morgan fingerprint density at radius 1 is 1.21 bits per heavy atom. The molecule has 1 aliphatic rings. The Kier molecular flexibility index (Phi) is 16.3. The van der Waals surface area contributed by atoms with Crippen molar-refractivity contribution < 1.29 is 19.4 Å². The Bertz CT molecular complexity index is 1310. The quantitative estimate of drug-likeness (QED) is 0.0504. The number of aliphatic hydroxyl groups is 1. The van der Waals surface area contributed by atoms with Gasteiger partial charge in [-0.25, -0.2) is 5.84 Å². The second-order valence-electron chi connectivity index (χ2n) is 11.7. The van der Waals surface area contributed by atoms with Gasteiger partial charge in [-0.2, -0.15) is 0 Å². The average Bonchev–Trinajstić information content (AvgIpc) is 3.09. The van der Waals surface area contributed by atoms with Gasteiger partial charge in [-0.15, -0.1) is 0 Å². The van der Waals surface area contributed by atoms with Crippen LogP contribution in [0, 0.1) is 0 Å². The van der Waals surface area contributed by atoms with Crippen LogP contribution in [-0.2, 0) is 22.4 Å². The van der Waals surface area contributed by atoms with E-state index in [-0.39, 0.29) is 24.7 Å². The molecule has 11 heteroatoms. The van der Waals surface area contributed by atoms with E-state index >= 15 is 0 Å². The fourth-order valence-electron chi connectivity index (χ4n) is 5.78. The number of nitrogens with one attached hydrogen (secondary N) is 2. The number of aliphatic imine (C=N–C) groups is 1. The number of anilines is 2. The van der Waals surface area contributed by atoms with Crippen molar-refractivity contribution in [3.8, 4) is 5.75 Å². The van der Waals surface area contributed by atoms with Crippen LogP contribution in [0.25, 0.3) is 0 Å². The second-order valence-corrected chi connectivity index (χ2v) is 11.7. The molecule has 1 fully saturated rings. The maximum absolute atomic E-state index is 12.4. The third-order valence-corrected chi connectivity index (χ3v) is 8.53. The van der Waals surface area contributed by atoms with Crippen LogP contribution in [0.4, 0.5) is 11.4 Å². The van der Waals surface area contributed by atoms with Gasteiger partial charge in [-0.1, -0.05) is 50.8 Å². The van der Waals surface area contributed by atoms with E-state index in [2.05, 4.69) is 41.0 Å². The first-order valence-corrected chi connectivity index (χ1v) is 16.7. The van der Waals surface area contributed by atoms with Gasteiger partial charge in [0.25, 0.3) is 0 Å². The molecule has 1 atom stereocenters. The largest absolute Gasteiger partial charge is 0.496 e. The number of aryl methyl sites for hydroxylation is 1. The highest BCUT2D eigenvalue weighted by Crippen LogP contribution is 2.36. The molecule has 2 aromatic rings. The van der Waals surface area contributed by atoms with E-state index < -0.39 is 0 Å². The number of nitrogens with two attached hydrogens (primary N) is 2. The van der Waals surface area contributed by atoms with E-state index in [1.807, 2.05) is 42.5 Å². The third kappa shape index (κ3) is 12.3. The van der Waals surface area contributed by atoms with Crippen molar-refractivity contribution >= 4 is 23.1 Å². The molecule has 0 radical (unpaired) electrons. The van der Waals surface area contributed by atoms with E-state index in [9.17, 15) is 9.90 Å². The number of carbonyl (C=O) groups excluding carboxylic acids is 1. The van der Waals surface area contributed by atoms with Crippen LogP contribution in [0.15, 0.2) is 71.9 Å². The molecule has 0 spiro atoms. The van der Waals surface area contributed by atoms with Gasteiger partial charge in [0.1, 0.15) is 11.6 Å². The standard InChI is InChI=1S/C36H55N7O4/c1-5-36(45)40-32-24-28(13-14-29(37)25-35(41-38)39-30(17-21-44)23-27-11-9-8-10-12-27)34(46-4)26-33(32)43-18-15-31(16-19-43)47-22-20-42(6-2)7-3/h5,8-12,24-26,30-31,44H,1,6-7,13-23,37-38H2,2-4H3,(H,39,41)(H,40,45)/t30-/m1/s1. The van der Waals surface area contributed by atoms with Gasteiger partial charge >= 0.3 is 0 Å². The molecular weight excluding hydrogens is 594 g/mol. The van der Waals surface area contributed by atoms with Crippen molar-refractivity contribution in [2.24, 2.45) is 16.6 Å². The summed E-state index contributed by atoms with van der Waals surface area (Å²) in [6.07, 6.45) is 7.26. The molecule has 0 saturated carbocycles. The van der Waals surface area contributed by atoms with Crippen LogP contribution in [0.2, 0.25) is 0 Å². The summed E-state index contributed by atoms with van der Waals surface area (Å²) in [4.78, 5) is 21.8. The fraction of sp³-hybridized carbons (Fsp3) is 0.500. The van der Waals surface area contributed by atoms with Gasteiger partial charge in [0.2, 0.25) is 5.91 Å². The van der Waals surface area contributed by atoms with Crippen molar-refractivity contribution in [1.29, 1.82) is 0 Å². The normalized spacial score (nSPS) is 15.1. The molecule has 1 saturated heterocycles. The molecule has 0 aliphatic carbocycles. The van der Waals surface area contributed by atoms with Crippen LogP contribution in [0.3, 0.4) is 0 Å². The average molecular weight is 650 g/mol. The van der Waals surface area contributed by atoms with Gasteiger partial charge < -0.3 is 40.9 Å². The first-order valence-electron chi connectivity index (χ1n) is 16.7. The lowest BCUT2D eigenvalue weighted by atomic mass is 10.0. The van der Waals surface area contributed by atoms with Crippen molar-refractivity contribution in [3.05, 3.63) is 78.0 Å². The summed E-state index contributed by atoms with van der Waals surface area (Å²) in [5.41, 5.74) is 13.3. The summed E-state index contributed by atoms with van der Waals surface area (Å²) in [6.45, 7) is 13.3. The number of amidine groups is 1. The van der Waals surface area contributed by atoms with E-state index in [0.29, 0.717) is 42.9 Å². The number of piperidine rings is 1. The van der Waals surface area contributed by atoms with Crippen molar-refractivity contribution in [2.75, 3.05) is 63.3 Å². The molecule has 3 rings (SSSR count). The molecule has 11 nitrogen and oxygen atoms in total. The van der Waals surface area contributed by atoms with E-state index in [1.165, 1.54) is 6.08 Å². The number of carbonyl (C=O) groups is 1. The Balaban J connectivity index is 1.72. The molecular formula is C36H55N7O4. The van der Waals surface area contributed by atoms with E-state index in [0.717, 1.165) is 74.7 Å². The number of aliphatic hydroxyl groups excluding tert-OH is 1. The molecule has 0 aromatic heterocycles. The predicted molar refractivity (Wildman–Crippen MR) is 192 cm³/mol. The third-order valence-electron chi connectivity index (χ3n) is 8.53. The second kappa shape index (κ2) is 20.4. The Morgan fingerprint density at radius 3 is 2.55 bits per heavy atom. The monoisotopic (exact) mass is 649 g/mol. The molecule has 0 bridgehead atoms. The molecule has 47 heavy (non-hydrogen) atoms. The van der Waals surface area contributed by atoms with Crippen LogP contribution < -0.4 is 32.0 Å². The Morgan fingerprint density at radius 2 is 1.94 bits per heavy atom. The zero-order chi connectivity index (χ0) is 34.0. The van der Waals surface area contributed by atoms with Gasteiger partial charge in [0, 0.05) is 44.1 Å². The minimum absolute atomic E-state index is 0.0152. The predicted octanol–water partition coefficient (Wildman–Crippen LogP) is 3.78. The Labute approximate surface area is 280 Å². The molecule has 1 amide bonds. The van der Waals surface area contributed by atoms with Crippen molar-refractivity contribution in [2.45, 2.75) is 64.5 Å². The van der Waals surface area contributed by atoms with Crippen LogP contribution in [0.5, 0.6) is 5.75 Å². The van der Waals surface area contributed by atoms with Crippen molar-refractivity contribution in [3.63, 3.8) is 0 Å². The number of hydrogen-bond acceptors (Lipinski definition) is 9. The van der Waals surface area contributed by atoms with Crippen LogP contribution in [-0.4, -0.2) is 86.9 Å². The zero-order valence-corrected chi connectivity index (χ0v) is 28.4. The molecule has 0 unspecified atom stereocenters. The van der Waals surface area contributed by atoms with Crippen LogP contribution in [0.1, 0.15) is 50.7 Å². The minimum atomic E-state index is -0.279. The first-order chi connectivity index (χ1) is 22.8. The Hall–Kier alpha value is -3.90. The molecule has 1 heterocycles. The smallest absolute Gasteiger partial charge is 0.247 e. The summed E-state index contributed by atoms with van der Waals surface area (Å²) in [5, 5.41) is 12.6. The van der Waals surface area contributed by atoms with Gasteiger partial charge in [0.15, 0.2) is 0 Å². The number of ether oxygens (including phenoxy) is 2. The highest BCUT2D eigenvalue weighted by molar-refractivity contribution is 6.01. The number of amides is 1. The van der Waals surface area contributed by atoms with Crippen molar-refractivity contribution in [1.82, 2.24) is 10.3 Å². The summed E-state index contributed by atoms with van der Waals surface area (Å²) in [6, 6.07) is 13.8. The number of hydrazine groups is 1. The maximum atomic E-state index is 12.4. The highest BCUT2D eigenvalue weighted by atomic mass is 16.5. The molecule has 2 aromatic carbocycles. The lowest BCUT2D eigenvalue weighted by molar-refractivity contribution is -0.111. The molecule has 258 valence electrons. The summed E-state index contributed by atoms with van der Waals surface area (Å²) >= 11 is 0. The number of benzene rings is 2. The lowest BCUT2D eigenvalue weighted by Gasteiger charge is -2.35. The van der Waals surface area contributed by atoms with E-state index in [4.69, 9.17) is 26.0 Å². The SMILES string of the molecule is C=CC(=O)Nc1cc(CCC(N)=CC(=N[C@H](CCO)Cc2ccccc2)NN)c(OC)cc1N1CCC(OCCN(CC)CC)CC1. The highest BCUT2D eigenvalue weighted by Gasteiger charge is 2.24. The number of nitrogens with zero attached hydrogens (tertiary/aromatic N) is 3. The summed E-state index contributed by atoms with van der Waals surface area (Å²) in [5.74, 6) is 6.69. The van der Waals surface area contributed by atoms with Crippen LogP contribution >= 0.6 is 0 Å². The number of likely N-dealkylation sites (N-methyl/N-ethyl adjacent to an activating group) is 1. The van der Waals surface area contributed by atoms with E-state index in [1.54, 1.807) is 13.2 Å². The summed E-state index contributed by atoms with van der Waals surface area (Å²) < 4.78 is 12.0. The number of hydrogen-bond donors (Lipinski definition) is 5.